The quantitative estimate of drug-likeness (QED) is 0.842. The van der Waals surface area contributed by atoms with Crippen LogP contribution in [0.5, 0.6) is 10.9 Å². The van der Waals surface area contributed by atoms with E-state index in [9.17, 15) is 0 Å². The molecule has 2 rings (SSSR count). The van der Waals surface area contributed by atoms with E-state index in [0.29, 0.717) is 5.19 Å². The number of hydrogen-bond acceptors (Lipinski definition) is 5. The maximum absolute atomic E-state index is 5.69. The summed E-state index contributed by atoms with van der Waals surface area (Å²) in [5, 5.41) is 12.9. The maximum atomic E-state index is 5.69. The Morgan fingerprint density at radius 1 is 1.16 bits per heavy atom. The third-order valence-electron chi connectivity index (χ3n) is 2.64. The first kappa shape index (κ1) is 14.0. The van der Waals surface area contributed by atoms with Gasteiger partial charge in [-0.15, -0.1) is 5.10 Å². The van der Waals surface area contributed by atoms with E-state index < -0.39 is 0 Å². The SMILES string of the molecule is CCCc1ccc(Oc2nnc(CNCC)s2)cc1. The van der Waals surface area contributed by atoms with Gasteiger partial charge < -0.3 is 10.1 Å². The molecule has 1 aromatic carbocycles. The van der Waals surface area contributed by atoms with Gasteiger partial charge in [-0.3, -0.25) is 0 Å². The molecule has 1 N–H and O–H groups in total. The van der Waals surface area contributed by atoms with Crippen LogP contribution in [0.15, 0.2) is 24.3 Å². The van der Waals surface area contributed by atoms with Gasteiger partial charge in [0.05, 0.1) is 0 Å². The summed E-state index contributed by atoms with van der Waals surface area (Å²) in [4.78, 5) is 0. The van der Waals surface area contributed by atoms with Crippen molar-refractivity contribution in [2.75, 3.05) is 6.54 Å². The van der Waals surface area contributed by atoms with Crippen molar-refractivity contribution in [2.45, 2.75) is 33.2 Å². The number of benzene rings is 1. The largest absolute Gasteiger partial charge is 0.430 e. The van der Waals surface area contributed by atoms with Gasteiger partial charge in [0.15, 0.2) is 0 Å². The highest BCUT2D eigenvalue weighted by Crippen LogP contribution is 2.25. The summed E-state index contributed by atoms with van der Waals surface area (Å²) in [6.07, 6.45) is 2.26. The van der Waals surface area contributed by atoms with E-state index in [1.807, 2.05) is 12.1 Å². The van der Waals surface area contributed by atoms with Crippen molar-refractivity contribution < 1.29 is 4.74 Å². The standard InChI is InChI=1S/C14H19N3OS/c1-3-5-11-6-8-12(9-7-11)18-14-17-16-13(19-14)10-15-4-2/h6-9,15H,3-5,10H2,1-2H3. The van der Waals surface area contributed by atoms with E-state index in [0.717, 1.165) is 36.7 Å². The number of aryl methyl sites for hydroxylation is 1. The minimum Gasteiger partial charge on any atom is -0.430 e. The molecule has 4 nitrogen and oxygen atoms in total. The van der Waals surface area contributed by atoms with Gasteiger partial charge in [-0.1, -0.05) is 48.8 Å². The molecule has 0 aliphatic carbocycles. The van der Waals surface area contributed by atoms with Crippen LogP contribution in [-0.2, 0) is 13.0 Å². The Bertz CT molecular complexity index is 496. The summed E-state index contributed by atoms with van der Waals surface area (Å²) < 4.78 is 5.69. The van der Waals surface area contributed by atoms with Crippen LogP contribution in [0.1, 0.15) is 30.8 Å². The summed E-state index contributed by atoms with van der Waals surface area (Å²) in [5.41, 5.74) is 1.33. The van der Waals surface area contributed by atoms with E-state index >= 15 is 0 Å². The molecular weight excluding hydrogens is 258 g/mol. The van der Waals surface area contributed by atoms with Crippen molar-refractivity contribution in [3.05, 3.63) is 34.8 Å². The van der Waals surface area contributed by atoms with Gasteiger partial charge in [-0.05, 0) is 30.7 Å². The third kappa shape index (κ3) is 4.29. The highest BCUT2D eigenvalue weighted by atomic mass is 32.1. The third-order valence-corrected chi connectivity index (χ3v) is 3.44. The zero-order valence-corrected chi connectivity index (χ0v) is 12.2. The zero-order valence-electron chi connectivity index (χ0n) is 11.3. The molecule has 1 heterocycles. The Morgan fingerprint density at radius 3 is 2.63 bits per heavy atom. The Kier molecular flexibility index (Phi) is 5.30. The molecule has 0 fully saturated rings. The fourth-order valence-corrected chi connectivity index (χ4v) is 2.37. The second-order valence-electron chi connectivity index (χ2n) is 4.24. The maximum Gasteiger partial charge on any atom is 0.299 e. The molecule has 0 spiro atoms. The Hall–Kier alpha value is -1.46. The minimum absolute atomic E-state index is 0.594. The normalized spacial score (nSPS) is 10.6. The number of nitrogens with one attached hydrogen (secondary N) is 1. The molecule has 102 valence electrons. The van der Waals surface area contributed by atoms with Gasteiger partial charge in [0, 0.05) is 6.54 Å². The predicted octanol–water partition coefficient (Wildman–Crippen LogP) is 3.39. The number of hydrogen-bond donors (Lipinski definition) is 1. The molecule has 19 heavy (non-hydrogen) atoms. The van der Waals surface area contributed by atoms with Gasteiger partial charge in [0.25, 0.3) is 5.19 Å². The van der Waals surface area contributed by atoms with Crippen molar-refractivity contribution in [2.24, 2.45) is 0 Å². The average Bonchev–Trinajstić information content (AvgIpc) is 2.87. The molecule has 0 radical (unpaired) electrons. The first-order valence-electron chi connectivity index (χ1n) is 6.61. The highest BCUT2D eigenvalue weighted by molar-refractivity contribution is 7.13. The van der Waals surface area contributed by atoms with Gasteiger partial charge >= 0.3 is 0 Å². The second kappa shape index (κ2) is 7.21. The number of nitrogens with zero attached hydrogens (tertiary/aromatic N) is 2. The summed E-state index contributed by atoms with van der Waals surface area (Å²) in [6, 6.07) is 8.16. The predicted molar refractivity (Wildman–Crippen MR) is 77.8 cm³/mol. The lowest BCUT2D eigenvalue weighted by molar-refractivity contribution is 0.472. The minimum atomic E-state index is 0.594. The number of rotatable bonds is 7. The zero-order chi connectivity index (χ0) is 13.5. The van der Waals surface area contributed by atoms with Crippen LogP contribution >= 0.6 is 11.3 Å². The van der Waals surface area contributed by atoms with Crippen LogP contribution in [0.2, 0.25) is 0 Å². The van der Waals surface area contributed by atoms with Gasteiger partial charge in [0.2, 0.25) is 0 Å². The van der Waals surface area contributed by atoms with Crippen LogP contribution < -0.4 is 10.1 Å². The van der Waals surface area contributed by atoms with Crippen LogP contribution in [-0.4, -0.2) is 16.7 Å². The van der Waals surface area contributed by atoms with E-state index in [1.165, 1.54) is 16.9 Å². The lowest BCUT2D eigenvalue weighted by Crippen LogP contribution is -2.11. The van der Waals surface area contributed by atoms with E-state index in [2.05, 4.69) is 41.5 Å². The monoisotopic (exact) mass is 277 g/mol. The lowest BCUT2D eigenvalue weighted by atomic mass is 10.1. The fraction of sp³-hybridized carbons (Fsp3) is 0.429. The number of aromatic nitrogens is 2. The average molecular weight is 277 g/mol. The Labute approximate surface area is 117 Å². The fourth-order valence-electron chi connectivity index (χ4n) is 1.70. The smallest absolute Gasteiger partial charge is 0.299 e. The van der Waals surface area contributed by atoms with Crippen molar-refractivity contribution in [1.29, 1.82) is 0 Å². The lowest BCUT2D eigenvalue weighted by Gasteiger charge is -2.02. The molecule has 0 aliphatic heterocycles. The van der Waals surface area contributed by atoms with E-state index in [4.69, 9.17) is 4.74 Å². The number of ether oxygens (including phenoxy) is 1. The summed E-state index contributed by atoms with van der Waals surface area (Å²) in [6.45, 7) is 5.91. The van der Waals surface area contributed by atoms with Crippen molar-refractivity contribution in [3.8, 4) is 10.9 Å². The molecule has 0 atom stereocenters. The Morgan fingerprint density at radius 2 is 1.95 bits per heavy atom. The molecule has 1 aromatic heterocycles. The Balaban J connectivity index is 1.94. The van der Waals surface area contributed by atoms with Gasteiger partial charge in [0.1, 0.15) is 10.8 Å². The van der Waals surface area contributed by atoms with Crippen LogP contribution in [0.25, 0.3) is 0 Å². The molecule has 0 unspecified atom stereocenters. The van der Waals surface area contributed by atoms with Crippen molar-refractivity contribution in [3.63, 3.8) is 0 Å². The second-order valence-corrected chi connectivity index (χ2v) is 5.26. The summed E-state index contributed by atoms with van der Waals surface area (Å²) >= 11 is 1.48. The molecule has 0 aliphatic rings. The summed E-state index contributed by atoms with van der Waals surface area (Å²) in [7, 11) is 0. The van der Waals surface area contributed by atoms with Crippen LogP contribution in [0.3, 0.4) is 0 Å². The molecule has 2 aromatic rings. The topological polar surface area (TPSA) is 47.0 Å². The molecular formula is C14H19N3OS. The highest BCUT2D eigenvalue weighted by Gasteiger charge is 2.05. The molecule has 0 amide bonds. The molecule has 0 bridgehead atoms. The first-order chi connectivity index (χ1) is 9.31. The molecule has 5 heteroatoms. The first-order valence-corrected chi connectivity index (χ1v) is 7.43. The van der Waals surface area contributed by atoms with Crippen LogP contribution in [0.4, 0.5) is 0 Å². The van der Waals surface area contributed by atoms with Crippen molar-refractivity contribution >= 4 is 11.3 Å². The van der Waals surface area contributed by atoms with E-state index in [-0.39, 0.29) is 0 Å². The van der Waals surface area contributed by atoms with Crippen molar-refractivity contribution in [1.82, 2.24) is 15.5 Å². The molecule has 0 saturated heterocycles. The van der Waals surface area contributed by atoms with Gasteiger partial charge in [-0.2, -0.15) is 0 Å². The van der Waals surface area contributed by atoms with E-state index in [1.54, 1.807) is 0 Å². The van der Waals surface area contributed by atoms with Crippen LogP contribution in [0, 0.1) is 0 Å². The molecule has 0 saturated carbocycles. The van der Waals surface area contributed by atoms with Gasteiger partial charge in [-0.25, -0.2) is 0 Å². The summed E-state index contributed by atoms with van der Waals surface area (Å²) in [5.74, 6) is 0.811.